The summed E-state index contributed by atoms with van der Waals surface area (Å²) in [6, 6.07) is 9.49. The van der Waals surface area contributed by atoms with Crippen LogP contribution in [0, 0.1) is 5.41 Å². The predicted molar refractivity (Wildman–Crippen MR) is 94.8 cm³/mol. The summed E-state index contributed by atoms with van der Waals surface area (Å²) in [5, 5.41) is 2.10. The summed E-state index contributed by atoms with van der Waals surface area (Å²) < 4.78 is 6.09. The lowest BCUT2D eigenvalue weighted by molar-refractivity contribution is -0.134. The van der Waals surface area contributed by atoms with Crippen molar-refractivity contribution in [1.29, 1.82) is 0 Å². The number of benzene rings is 1. The maximum atomic E-state index is 12.5. The molecular weight excluding hydrogens is 302 g/mol. The van der Waals surface area contributed by atoms with E-state index in [-0.39, 0.29) is 17.4 Å². The van der Waals surface area contributed by atoms with Gasteiger partial charge < -0.3 is 15.4 Å². The number of nitrogens with two attached hydrogens (primary N) is 1. The summed E-state index contributed by atoms with van der Waals surface area (Å²) in [4.78, 5) is 18.7. The summed E-state index contributed by atoms with van der Waals surface area (Å²) >= 11 is 0. The predicted octanol–water partition coefficient (Wildman–Crippen LogP) is 2.59. The van der Waals surface area contributed by atoms with Crippen molar-refractivity contribution in [3.63, 3.8) is 0 Å². The maximum Gasteiger partial charge on any atom is 0.240 e. The van der Waals surface area contributed by atoms with Crippen molar-refractivity contribution in [3.8, 4) is 5.88 Å². The molecule has 1 fully saturated rings. The third-order valence-electron chi connectivity index (χ3n) is 4.57. The maximum absolute atomic E-state index is 12.5. The molecule has 1 aromatic carbocycles. The summed E-state index contributed by atoms with van der Waals surface area (Å²) in [6.45, 7) is 7.20. The van der Waals surface area contributed by atoms with Crippen molar-refractivity contribution in [2.45, 2.75) is 39.3 Å². The number of fused-ring (bicyclic) bond motifs is 1. The molecule has 0 radical (unpaired) electrons. The highest BCUT2D eigenvalue weighted by molar-refractivity contribution is 5.86. The third kappa shape index (κ3) is 3.36. The Bertz CT molecular complexity index is 733. The number of rotatable bonds is 3. The van der Waals surface area contributed by atoms with Gasteiger partial charge in [-0.05, 0) is 22.9 Å². The second-order valence-corrected chi connectivity index (χ2v) is 7.49. The van der Waals surface area contributed by atoms with Crippen molar-refractivity contribution in [1.82, 2.24) is 9.88 Å². The summed E-state index contributed by atoms with van der Waals surface area (Å²) in [5.74, 6) is 0.631. The SMILES string of the molecule is CC(C)(C)[C@H](N)C(=O)N1CC[C@@H](Oc2nccc3ccccc23)C1. The molecule has 128 valence electrons. The molecule has 1 aromatic heterocycles. The second-order valence-electron chi connectivity index (χ2n) is 7.49. The zero-order valence-electron chi connectivity index (χ0n) is 14.5. The number of likely N-dealkylation sites (tertiary alicyclic amines) is 1. The molecule has 2 atom stereocenters. The molecule has 3 rings (SSSR count). The first-order chi connectivity index (χ1) is 11.4. The van der Waals surface area contributed by atoms with Crippen LogP contribution in [0.2, 0.25) is 0 Å². The highest BCUT2D eigenvalue weighted by atomic mass is 16.5. The van der Waals surface area contributed by atoms with Gasteiger partial charge in [0.15, 0.2) is 0 Å². The molecule has 2 heterocycles. The normalized spacial score (nSPS) is 19.5. The molecule has 5 heteroatoms. The molecule has 0 aliphatic carbocycles. The Morgan fingerprint density at radius 2 is 2.08 bits per heavy atom. The molecule has 5 nitrogen and oxygen atoms in total. The Kier molecular flexibility index (Phi) is 4.45. The van der Waals surface area contributed by atoms with Crippen LogP contribution >= 0.6 is 0 Å². The fraction of sp³-hybridized carbons (Fsp3) is 0.474. The molecule has 24 heavy (non-hydrogen) atoms. The van der Waals surface area contributed by atoms with E-state index in [1.165, 1.54) is 0 Å². The molecule has 0 spiro atoms. The molecule has 1 amide bonds. The zero-order valence-corrected chi connectivity index (χ0v) is 14.5. The number of amides is 1. The number of ether oxygens (including phenoxy) is 1. The highest BCUT2D eigenvalue weighted by Crippen LogP contribution is 2.26. The minimum absolute atomic E-state index is 0.000482. The molecule has 2 aromatic rings. The van der Waals surface area contributed by atoms with Gasteiger partial charge in [-0.3, -0.25) is 4.79 Å². The number of hydrogen-bond acceptors (Lipinski definition) is 4. The number of aromatic nitrogens is 1. The van der Waals surface area contributed by atoms with Crippen molar-refractivity contribution in [3.05, 3.63) is 36.5 Å². The summed E-state index contributed by atoms with van der Waals surface area (Å²) in [7, 11) is 0. The van der Waals surface area contributed by atoms with Crippen LogP contribution in [0.1, 0.15) is 27.2 Å². The van der Waals surface area contributed by atoms with Gasteiger partial charge >= 0.3 is 0 Å². The van der Waals surface area contributed by atoms with Gasteiger partial charge in [0, 0.05) is 24.5 Å². The van der Waals surface area contributed by atoms with E-state index >= 15 is 0 Å². The molecule has 1 aliphatic heterocycles. The van der Waals surface area contributed by atoms with Crippen LogP contribution in [0.3, 0.4) is 0 Å². The summed E-state index contributed by atoms with van der Waals surface area (Å²) in [6.07, 6.45) is 2.51. The Labute approximate surface area is 142 Å². The van der Waals surface area contributed by atoms with E-state index in [1.54, 1.807) is 6.20 Å². The first-order valence-electron chi connectivity index (χ1n) is 8.41. The topological polar surface area (TPSA) is 68.5 Å². The highest BCUT2D eigenvalue weighted by Gasteiger charge is 2.35. The van der Waals surface area contributed by atoms with Crippen LogP contribution in [-0.2, 0) is 4.79 Å². The van der Waals surface area contributed by atoms with Gasteiger partial charge in [0.1, 0.15) is 6.10 Å². The number of hydrogen-bond donors (Lipinski definition) is 1. The minimum atomic E-state index is -0.494. The van der Waals surface area contributed by atoms with Crippen LogP contribution in [0.15, 0.2) is 36.5 Å². The van der Waals surface area contributed by atoms with Crippen LogP contribution < -0.4 is 10.5 Å². The zero-order chi connectivity index (χ0) is 17.3. The molecular formula is C19H25N3O2. The van der Waals surface area contributed by atoms with Gasteiger partial charge in [-0.2, -0.15) is 0 Å². The van der Waals surface area contributed by atoms with Gasteiger partial charge in [-0.25, -0.2) is 4.98 Å². The van der Waals surface area contributed by atoms with E-state index in [0.717, 1.165) is 17.2 Å². The lowest BCUT2D eigenvalue weighted by atomic mass is 9.86. The van der Waals surface area contributed by atoms with Gasteiger partial charge in [0.05, 0.1) is 12.6 Å². The fourth-order valence-corrected chi connectivity index (χ4v) is 2.94. The quantitative estimate of drug-likeness (QED) is 0.941. The fourth-order valence-electron chi connectivity index (χ4n) is 2.94. The third-order valence-corrected chi connectivity index (χ3v) is 4.57. The number of nitrogens with zero attached hydrogens (tertiary/aromatic N) is 2. The lowest BCUT2D eigenvalue weighted by Gasteiger charge is -2.29. The van der Waals surface area contributed by atoms with Gasteiger partial charge in [0.25, 0.3) is 0 Å². The summed E-state index contributed by atoms with van der Waals surface area (Å²) in [5.41, 5.74) is 5.86. The molecule has 0 bridgehead atoms. The number of carbonyl (C=O) groups is 1. The minimum Gasteiger partial charge on any atom is -0.472 e. The smallest absolute Gasteiger partial charge is 0.240 e. The van der Waals surface area contributed by atoms with Crippen molar-refractivity contribution in [2.75, 3.05) is 13.1 Å². The largest absolute Gasteiger partial charge is 0.472 e. The average molecular weight is 327 g/mol. The standard InChI is InChI=1S/C19H25N3O2/c1-19(2,3)16(20)18(23)22-11-9-14(12-22)24-17-15-7-5-4-6-13(15)8-10-21-17/h4-8,10,14,16H,9,11-12,20H2,1-3H3/t14-,16-/m1/s1. The van der Waals surface area contributed by atoms with Crippen LogP contribution in [0.5, 0.6) is 5.88 Å². The second kappa shape index (κ2) is 6.40. The number of carbonyl (C=O) groups excluding carboxylic acids is 1. The van der Waals surface area contributed by atoms with Crippen LogP contribution in [0.4, 0.5) is 0 Å². The van der Waals surface area contributed by atoms with Gasteiger partial charge in [0.2, 0.25) is 11.8 Å². The molecule has 1 saturated heterocycles. The monoisotopic (exact) mass is 327 g/mol. The van der Waals surface area contributed by atoms with E-state index in [1.807, 2.05) is 56.0 Å². The van der Waals surface area contributed by atoms with Gasteiger partial charge in [-0.1, -0.05) is 39.0 Å². The first-order valence-corrected chi connectivity index (χ1v) is 8.41. The van der Waals surface area contributed by atoms with E-state index in [9.17, 15) is 4.79 Å². The Morgan fingerprint density at radius 1 is 1.33 bits per heavy atom. The molecule has 0 saturated carbocycles. The van der Waals surface area contributed by atoms with Crippen molar-refractivity contribution in [2.24, 2.45) is 11.1 Å². The molecule has 2 N–H and O–H groups in total. The van der Waals surface area contributed by atoms with Gasteiger partial charge in [-0.15, -0.1) is 0 Å². The number of pyridine rings is 1. The Balaban J connectivity index is 1.69. The Morgan fingerprint density at radius 3 is 2.83 bits per heavy atom. The first kappa shape index (κ1) is 16.7. The van der Waals surface area contributed by atoms with Crippen LogP contribution in [-0.4, -0.2) is 41.0 Å². The Hall–Kier alpha value is -2.14. The van der Waals surface area contributed by atoms with E-state index in [4.69, 9.17) is 10.5 Å². The van der Waals surface area contributed by atoms with Crippen molar-refractivity contribution < 1.29 is 9.53 Å². The average Bonchev–Trinajstić information content (AvgIpc) is 3.01. The molecule has 0 unspecified atom stereocenters. The van der Waals surface area contributed by atoms with E-state index in [0.29, 0.717) is 19.0 Å². The lowest BCUT2D eigenvalue weighted by Crippen LogP contribution is -2.50. The van der Waals surface area contributed by atoms with E-state index in [2.05, 4.69) is 4.98 Å². The van der Waals surface area contributed by atoms with Crippen molar-refractivity contribution >= 4 is 16.7 Å². The van der Waals surface area contributed by atoms with Crippen LogP contribution in [0.25, 0.3) is 10.8 Å². The molecule has 1 aliphatic rings. The van der Waals surface area contributed by atoms with E-state index < -0.39 is 6.04 Å².